The lowest BCUT2D eigenvalue weighted by Crippen LogP contribution is -2.43. The Balaban J connectivity index is 1.87. The van der Waals surface area contributed by atoms with Crippen LogP contribution in [0.15, 0.2) is 30.5 Å². The number of hydrogen-bond donors (Lipinski definition) is 2. The number of fused-ring (bicyclic) bond motifs is 1. The molecular weight excluding hydrogens is 256 g/mol. The third-order valence-corrected chi connectivity index (χ3v) is 3.34. The Morgan fingerprint density at radius 2 is 2.10 bits per heavy atom. The van der Waals surface area contributed by atoms with Gasteiger partial charge in [-0.2, -0.15) is 0 Å². The lowest BCUT2D eigenvalue weighted by Gasteiger charge is -2.27. The van der Waals surface area contributed by atoms with Gasteiger partial charge in [0.15, 0.2) is 0 Å². The van der Waals surface area contributed by atoms with Gasteiger partial charge in [0.2, 0.25) is 0 Å². The molecule has 0 bridgehead atoms. The Bertz CT molecular complexity index is 638. The molecule has 0 atom stereocenters. The van der Waals surface area contributed by atoms with Crippen molar-refractivity contribution in [1.82, 2.24) is 9.88 Å². The molecule has 0 spiro atoms. The van der Waals surface area contributed by atoms with E-state index in [0.29, 0.717) is 37.5 Å². The van der Waals surface area contributed by atoms with E-state index < -0.39 is 0 Å². The van der Waals surface area contributed by atoms with Crippen LogP contribution in [0.1, 0.15) is 0 Å². The van der Waals surface area contributed by atoms with Crippen molar-refractivity contribution in [3.8, 4) is 0 Å². The number of benzene rings is 1. The molecule has 3 rings (SSSR count). The second-order valence-electron chi connectivity index (χ2n) is 4.63. The van der Waals surface area contributed by atoms with Crippen LogP contribution in [0.2, 0.25) is 0 Å². The fraction of sp³-hybridized carbons (Fsp3) is 0.286. The highest BCUT2D eigenvalue weighted by Gasteiger charge is 2.17. The van der Waals surface area contributed by atoms with Crippen LogP contribution < -0.4 is 11.1 Å². The Labute approximate surface area is 116 Å². The standard InChI is InChI=1S/C14H16N4O2/c15-11-3-4-12(10-2-1-5-16-13(10)11)17-14(19)18-6-8-20-9-7-18/h1-5H,6-9,15H2,(H,17,19). The number of ether oxygens (including phenoxy) is 1. The number of pyridine rings is 1. The molecule has 1 fully saturated rings. The molecule has 1 aromatic carbocycles. The summed E-state index contributed by atoms with van der Waals surface area (Å²) < 4.78 is 5.24. The summed E-state index contributed by atoms with van der Waals surface area (Å²) in [6.07, 6.45) is 1.69. The maximum Gasteiger partial charge on any atom is 0.322 e. The van der Waals surface area contributed by atoms with Crippen LogP contribution >= 0.6 is 0 Å². The first-order valence-electron chi connectivity index (χ1n) is 6.52. The van der Waals surface area contributed by atoms with E-state index in [0.717, 1.165) is 11.1 Å². The third-order valence-electron chi connectivity index (χ3n) is 3.34. The number of nitrogens with two attached hydrogens (primary N) is 1. The van der Waals surface area contributed by atoms with Crippen LogP contribution in [0.5, 0.6) is 0 Å². The number of morpholine rings is 1. The Kier molecular flexibility index (Phi) is 3.39. The summed E-state index contributed by atoms with van der Waals surface area (Å²) in [5.74, 6) is 0. The topological polar surface area (TPSA) is 80.5 Å². The normalized spacial score (nSPS) is 15.3. The molecule has 2 heterocycles. The summed E-state index contributed by atoms with van der Waals surface area (Å²) >= 11 is 0. The van der Waals surface area contributed by atoms with E-state index in [1.54, 1.807) is 23.2 Å². The molecule has 0 aliphatic carbocycles. The lowest BCUT2D eigenvalue weighted by molar-refractivity contribution is 0.0565. The lowest BCUT2D eigenvalue weighted by atomic mass is 10.1. The molecule has 2 aromatic rings. The zero-order valence-electron chi connectivity index (χ0n) is 11.0. The number of nitrogen functional groups attached to an aromatic ring is 1. The van der Waals surface area contributed by atoms with Gasteiger partial charge in [0.25, 0.3) is 0 Å². The van der Waals surface area contributed by atoms with Crippen LogP contribution in [0.4, 0.5) is 16.2 Å². The first kappa shape index (κ1) is 12.7. The minimum absolute atomic E-state index is 0.122. The summed E-state index contributed by atoms with van der Waals surface area (Å²) in [5, 5.41) is 3.76. The molecule has 6 nitrogen and oxygen atoms in total. The molecule has 0 radical (unpaired) electrons. The van der Waals surface area contributed by atoms with Gasteiger partial charge in [-0.25, -0.2) is 4.79 Å². The fourth-order valence-corrected chi connectivity index (χ4v) is 2.26. The largest absolute Gasteiger partial charge is 0.397 e. The Hall–Kier alpha value is -2.34. The van der Waals surface area contributed by atoms with Crippen molar-refractivity contribution in [2.24, 2.45) is 0 Å². The van der Waals surface area contributed by atoms with Crippen LogP contribution in [0, 0.1) is 0 Å². The highest BCUT2D eigenvalue weighted by Crippen LogP contribution is 2.26. The van der Waals surface area contributed by atoms with Crippen molar-refractivity contribution < 1.29 is 9.53 Å². The summed E-state index contributed by atoms with van der Waals surface area (Å²) in [5.41, 5.74) is 7.92. The van der Waals surface area contributed by atoms with Crippen LogP contribution in [0.3, 0.4) is 0 Å². The first-order valence-corrected chi connectivity index (χ1v) is 6.52. The van der Waals surface area contributed by atoms with Crippen molar-refractivity contribution in [2.45, 2.75) is 0 Å². The molecule has 6 heteroatoms. The van der Waals surface area contributed by atoms with Crippen LogP contribution in [-0.2, 0) is 4.74 Å². The number of hydrogen-bond acceptors (Lipinski definition) is 4. The summed E-state index contributed by atoms with van der Waals surface area (Å²) in [6, 6.07) is 7.16. The summed E-state index contributed by atoms with van der Waals surface area (Å²) in [7, 11) is 0. The van der Waals surface area contributed by atoms with Crippen LogP contribution in [0.25, 0.3) is 10.9 Å². The minimum Gasteiger partial charge on any atom is -0.397 e. The molecule has 1 saturated heterocycles. The molecule has 1 aliphatic heterocycles. The summed E-state index contributed by atoms with van der Waals surface area (Å²) in [4.78, 5) is 18.2. The number of nitrogens with zero attached hydrogens (tertiary/aromatic N) is 2. The Morgan fingerprint density at radius 3 is 2.90 bits per heavy atom. The van der Waals surface area contributed by atoms with Gasteiger partial charge in [-0.15, -0.1) is 0 Å². The van der Waals surface area contributed by atoms with E-state index in [-0.39, 0.29) is 6.03 Å². The molecule has 1 aliphatic rings. The first-order chi connectivity index (χ1) is 9.75. The molecule has 0 saturated carbocycles. The maximum absolute atomic E-state index is 12.2. The van der Waals surface area contributed by atoms with Crippen molar-refractivity contribution in [3.05, 3.63) is 30.5 Å². The molecule has 20 heavy (non-hydrogen) atoms. The number of aromatic nitrogens is 1. The van der Waals surface area contributed by atoms with E-state index >= 15 is 0 Å². The van der Waals surface area contributed by atoms with Crippen molar-refractivity contribution in [2.75, 3.05) is 37.4 Å². The second kappa shape index (κ2) is 5.34. The average molecular weight is 272 g/mol. The highest BCUT2D eigenvalue weighted by atomic mass is 16.5. The molecule has 3 N–H and O–H groups in total. The van der Waals surface area contributed by atoms with Gasteiger partial charge in [-0.3, -0.25) is 4.98 Å². The zero-order valence-corrected chi connectivity index (χ0v) is 11.0. The van der Waals surface area contributed by atoms with Crippen molar-refractivity contribution in [1.29, 1.82) is 0 Å². The number of rotatable bonds is 1. The van der Waals surface area contributed by atoms with E-state index in [4.69, 9.17) is 10.5 Å². The molecule has 1 aromatic heterocycles. The van der Waals surface area contributed by atoms with E-state index in [1.165, 1.54) is 0 Å². The van der Waals surface area contributed by atoms with Gasteiger partial charge in [0, 0.05) is 24.7 Å². The van der Waals surface area contributed by atoms with Gasteiger partial charge in [0.05, 0.1) is 30.1 Å². The van der Waals surface area contributed by atoms with Gasteiger partial charge in [-0.05, 0) is 24.3 Å². The molecule has 0 unspecified atom stereocenters. The van der Waals surface area contributed by atoms with Gasteiger partial charge in [0.1, 0.15) is 0 Å². The molecule has 2 amide bonds. The zero-order chi connectivity index (χ0) is 13.9. The van der Waals surface area contributed by atoms with Gasteiger partial charge >= 0.3 is 6.03 Å². The summed E-state index contributed by atoms with van der Waals surface area (Å²) in [6.45, 7) is 2.38. The van der Waals surface area contributed by atoms with Crippen molar-refractivity contribution >= 4 is 28.3 Å². The third kappa shape index (κ3) is 2.37. The van der Waals surface area contributed by atoms with Crippen LogP contribution in [-0.4, -0.2) is 42.2 Å². The SMILES string of the molecule is Nc1ccc(NC(=O)N2CCOCC2)c2cccnc12. The predicted molar refractivity (Wildman–Crippen MR) is 77.6 cm³/mol. The number of carbonyl (C=O) groups excluding carboxylic acids is 1. The van der Waals surface area contributed by atoms with Gasteiger partial charge in [-0.1, -0.05) is 0 Å². The number of nitrogens with one attached hydrogen (secondary N) is 1. The maximum atomic E-state index is 12.2. The van der Waals surface area contributed by atoms with Crippen molar-refractivity contribution in [3.63, 3.8) is 0 Å². The fourth-order valence-electron chi connectivity index (χ4n) is 2.26. The number of amides is 2. The van der Waals surface area contributed by atoms with E-state index in [2.05, 4.69) is 10.3 Å². The molecular formula is C14H16N4O2. The van der Waals surface area contributed by atoms with Gasteiger partial charge < -0.3 is 20.7 Å². The van der Waals surface area contributed by atoms with E-state index in [1.807, 2.05) is 12.1 Å². The average Bonchev–Trinajstić information content (AvgIpc) is 2.51. The quantitative estimate of drug-likeness (QED) is 0.774. The number of urea groups is 1. The smallest absolute Gasteiger partial charge is 0.322 e. The highest BCUT2D eigenvalue weighted by molar-refractivity contribution is 6.04. The second-order valence-corrected chi connectivity index (χ2v) is 4.63. The minimum atomic E-state index is -0.122. The Morgan fingerprint density at radius 1 is 1.30 bits per heavy atom. The molecule has 104 valence electrons. The monoisotopic (exact) mass is 272 g/mol. The number of carbonyl (C=O) groups is 1. The number of anilines is 2. The predicted octanol–water partition coefficient (Wildman–Crippen LogP) is 1.68. The van der Waals surface area contributed by atoms with E-state index in [9.17, 15) is 4.79 Å².